The number of rotatable bonds is 9. The van der Waals surface area contributed by atoms with E-state index in [1.54, 1.807) is 31.2 Å². The average Bonchev–Trinajstić information content (AvgIpc) is 3.33. The fourth-order valence-corrected chi connectivity index (χ4v) is 3.63. The van der Waals surface area contributed by atoms with Gasteiger partial charge < -0.3 is 24.4 Å². The van der Waals surface area contributed by atoms with Gasteiger partial charge in [-0.3, -0.25) is 9.59 Å². The normalized spacial score (nSPS) is 12.6. The van der Waals surface area contributed by atoms with Crippen LogP contribution in [-0.2, 0) is 22.7 Å². The van der Waals surface area contributed by atoms with Crippen LogP contribution in [0.15, 0.2) is 72.8 Å². The van der Waals surface area contributed by atoms with Crippen molar-refractivity contribution >= 4 is 23.4 Å². The maximum absolute atomic E-state index is 13.1. The molecule has 1 heterocycles. The Balaban J connectivity index is 1.42. The summed E-state index contributed by atoms with van der Waals surface area (Å²) in [6, 6.07) is 21.0. The van der Waals surface area contributed by atoms with Gasteiger partial charge in [0.2, 0.25) is 12.7 Å². The maximum Gasteiger partial charge on any atom is 0.261 e. The molecule has 0 fully saturated rings. The van der Waals surface area contributed by atoms with Gasteiger partial charge in [0.15, 0.2) is 18.1 Å². The first-order valence-corrected chi connectivity index (χ1v) is 11.3. The van der Waals surface area contributed by atoms with E-state index in [9.17, 15) is 9.59 Å². The van der Waals surface area contributed by atoms with Crippen molar-refractivity contribution in [2.45, 2.75) is 26.1 Å². The molecule has 7 nitrogen and oxygen atoms in total. The number of para-hydroxylation sites is 1. The van der Waals surface area contributed by atoms with Gasteiger partial charge in [0, 0.05) is 18.1 Å². The monoisotopic (exact) mass is 480 g/mol. The Morgan fingerprint density at radius 3 is 2.47 bits per heavy atom. The fourth-order valence-electron chi connectivity index (χ4n) is 3.50. The minimum atomic E-state index is -0.725. The first-order valence-electron chi connectivity index (χ1n) is 10.9. The lowest BCUT2D eigenvalue weighted by Gasteiger charge is -2.28. The third-order valence-corrected chi connectivity index (χ3v) is 5.69. The van der Waals surface area contributed by atoms with Crippen LogP contribution in [0, 0.1) is 0 Å². The standard InChI is InChI=1S/C26H25ClN2O5/c1-18(26(31)28-14-20-9-12-23-24(13-20)34-17-33-23)29(15-19-7-10-21(27)11-8-19)25(30)16-32-22-5-3-2-4-6-22/h2-13,18H,14-17H2,1H3,(H,28,31). The number of nitrogens with one attached hydrogen (secondary N) is 1. The number of carbonyl (C=O) groups excluding carboxylic acids is 2. The molecule has 1 aliphatic heterocycles. The summed E-state index contributed by atoms with van der Waals surface area (Å²) < 4.78 is 16.3. The summed E-state index contributed by atoms with van der Waals surface area (Å²) >= 11 is 5.99. The number of amides is 2. The van der Waals surface area contributed by atoms with Gasteiger partial charge in [-0.25, -0.2) is 0 Å². The number of carbonyl (C=O) groups is 2. The lowest BCUT2D eigenvalue weighted by molar-refractivity contribution is -0.142. The minimum Gasteiger partial charge on any atom is -0.484 e. The van der Waals surface area contributed by atoms with Crippen LogP contribution in [-0.4, -0.2) is 36.2 Å². The van der Waals surface area contributed by atoms with Crippen LogP contribution in [0.4, 0.5) is 0 Å². The molecule has 1 N–H and O–H groups in total. The van der Waals surface area contributed by atoms with Crippen molar-refractivity contribution in [3.63, 3.8) is 0 Å². The van der Waals surface area contributed by atoms with E-state index in [4.69, 9.17) is 25.8 Å². The zero-order chi connectivity index (χ0) is 23.9. The van der Waals surface area contributed by atoms with Crippen molar-refractivity contribution in [3.8, 4) is 17.2 Å². The Morgan fingerprint density at radius 2 is 1.71 bits per heavy atom. The number of halogens is 1. The van der Waals surface area contributed by atoms with E-state index in [-0.39, 0.29) is 31.8 Å². The average molecular weight is 481 g/mol. The highest BCUT2D eigenvalue weighted by Gasteiger charge is 2.26. The lowest BCUT2D eigenvalue weighted by atomic mass is 10.1. The van der Waals surface area contributed by atoms with Crippen molar-refractivity contribution in [2.24, 2.45) is 0 Å². The molecule has 0 aliphatic carbocycles. The number of hydrogen-bond donors (Lipinski definition) is 1. The van der Waals surface area contributed by atoms with Crippen molar-refractivity contribution in [1.82, 2.24) is 10.2 Å². The van der Waals surface area contributed by atoms with Crippen LogP contribution >= 0.6 is 11.6 Å². The van der Waals surface area contributed by atoms with Crippen molar-refractivity contribution in [3.05, 3.63) is 88.9 Å². The lowest BCUT2D eigenvalue weighted by Crippen LogP contribution is -2.48. The third-order valence-electron chi connectivity index (χ3n) is 5.44. The molecule has 8 heteroatoms. The highest BCUT2D eigenvalue weighted by molar-refractivity contribution is 6.30. The molecule has 1 atom stereocenters. The van der Waals surface area contributed by atoms with E-state index >= 15 is 0 Å². The second kappa shape index (κ2) is 10.9. The van der Waals surface area contributed by atoms with E-state index in [0.29, 0.717) is 28.8 Å². The highest BCUT2D eigenvalue weighted by atomic mass is 35.5. The van der Waals surface area contributed by atoms with Crippen LogP contribution in [0.2, 0.25) is 5.02 Å². The van der Waals surface area contributed by atoms with Gasteiger partial charge in [0.25, 0.3) is 5.91 Å². The molecule has 3 aromatic rings. The Bertz CT molecular complexity index is 1140. The largest absolute Gasteiger partial charge is 0.484 e. The first kappa shape index (κ1) is 23.4. The number of fused-ring (bicyclic) bond motifs is 1. The van der Waals surface area contributed by atoms with Gasteiger partial charge >= 0.3 is 0 Å². The Hall–Kier alpha value is -3.71. The first-order chi connectivity index (χ1) is 16.5. The summed E-state index contributed by atoms with van der Waals surface area (Å²) in [6.07, 6.45) is 0. The van der Waals surface area contributed by atoms with Crippen LogP contribution in [0.25, 0.3) is 0 Å². The summed E-state index contributed by atoms with van der Waals surface area (Å²) in [5.74, 6) is 1.34. The number of ether oxygens (including phenoxy) is 3. The van der Waals surface area contributed by atoms with Gasteiger partial charge in [-0.05, 0) is 54.4 Å². The molecule has 1 unspecified atom stereocenters. The van der Waals surface area contributed by atoms with E-state index < -0.39 is 6.04 Å². The molecule has 2 amide bonds. The van der Waals surface area contributed by atoms with Crippen LogP contribution in [0.3, 0.4) is 0 Å². The van der Waals surface area contributed by atoms with Gasteiger partial charge in [-0.2, -0.15) is 0 Å². The highest BCUT2D eigenvalue weighted by Crippen LogP contribution is 2.32. The molecular formula is C26H25ClN2O5. The fraction of sp³-hybridized carbons (Fsp3) is 0.231. The predicted octanol–water partition coefficient (Wildman–Crippen LogP) is 4.18. The van der Waals surface area contributed by atoms with Crippen LogP contribution in [0.1, 0.15) is 18.1 Å². The van der Waals surface area contributed by atoms with Crippen LogP contribution in [0.5, 0.6) is 17.2 Å². The molecule has 0 saturated carbocycles. The molecule has 0 saturated heterocycles. The quantitative estimate of drug-likeness (QED) is 0.497. The number of benzene rings is 3. The maximum atomic E-state index is 13.1. The Labute approximate surface area is 203 Å². The minimum absolute atomic E-state index is 0.183. The van der Waals surface area contributed by atoms with Gasteiger partial charge in [0.05, 0.1) is 0 Å². The van der Waals surface area contributed by atoms with Gasteiger partial charge in [0.1, 0.15) is 11.8 Å². The van der Waals surface area contributed by atoms with Gasteiger partial charge in [-0.1, -0.05) is 48.0 Å². The summed E-state index contributed by atoms with van der Waals surface area (Å²) in [7, 11) is 0. The summed E-state index contributed by atoms with van der Waals surface area (Å²) in [5.41, 5.74) is 1.72. The van der Waals surface area contributed by atoms with Crippen LogP contribution < -0.4 is 19.5 Å². The Kier molecular flexibility index (Phi) is 7.54. The second-order valence-electron chi connectivity index (χ2n) is 7.83. The molecule has 0 radical (unpaired) electrons. The topological polar surface area (TPSA) is 77.1 Å². The SMILES string of the molecule is CC(C(=O)NCc1ccc2c(c1)OCO2)N(Cc1ccc(Cl)cc1)C(=O)COc1ccccc1. The van der Waals surface area contributed by atoms with Crippen molar-refractivity contribution in [1.29, 1.82) is 0 Å². The molecule has 176 valence electrons. The zero-order valence-corrected chi connectivity index (χ0v) is 19.5. The van der Waals surface area contributed by atoms with E-state index in [0.717, 1.165) is 11.1 Å². The van der Waals surface area contributed by atoms with E-state index in [1.165, 1.54) is 4.90 Å². The number of nitrogens with zero attached hydrogens (tertiary/aromatic N) is 1. The smallest absolute Gasteiger partial charge is 0.261 e. The predicted molar refractivity (Wildman–Crippen MR) is 128 cm³/mol. The van der Waals surface area contributed by atoms with E-state index in [2.05, 4.69) is 5.32 Å². The summed E-state index contributed by atoms with van der Waals surface area (Å²) in [6.45, 7) is 2.24. The molecule has 4 rings (SSSR count). The molecule has 0 aromatic heterocycles. The zero-order valence-electron chi connectivity index (χ0n) is 18.7. The molecular weight excluding hydrogens is 456 g/mol. The van der Waals surface area contributed by atoms with Gasteiger partial charge in [-0.15, -0.1) is 0 Å². The molecule has 34 heavy (non-hydrogen) atoms. The molecule has 3 aromatic carbocycles. The molecule has 0 bridgehead atoms. The molecule has 0 spiro atoms. The third kappa shape index (κ3) is 5.99. The second-order valence-corrected chi connectivity index (χ2v) is 8.27. The number of hydrogen-bond acceptors (Lipinski definition) is 5. The Morgan fingerprint density at radius 1 is 1.00 bits per heavy atom. The van der Waals surface area contributed by atoms with E-state index in [1.807, 2.05) is 48.5 Å². The van der Waals surface area contributed by atoms with Crippen molar-refractivity contribution in [2.75, 3.05) is 13.4 Å². The summed E-state index contributed by atoms with van der Waals surface area (Å²) in [4.78, 5) is 27.6. The van der Waals surface area contributed by atoms with Crippen molar-refractivity contribution < 1.29 is 23.8 Å². The summed E-state index contributed by atoms with van der Waals surface area (Å²) in [5, 5.41) is 3.50. The molecule has 1 aliphatic rings.